The molecule has 124 valence electrons. The van der Waals surface area contributed by atoms with Gasteiger partial charge in [-0.3, -0.25) is 0 Å². The fourth-order valence-corrected chi connectivity index (χ4v) is 2.19. The van der Waals surface area contributed by atoms with Gasteiger partial charge < -0.3 is 9.84 Å². The summed E-state index contributed by atoms with van der Waals surface area (Å²) in [6, 6.07) is 3.86. The maximum atomic E-state index is 11.8. The van der Waals surface area contributed by atoms with Gasteiger partial charge >= 0.3 is 5.97 Å². The van der Waals surface area contributed by atoms with Gasteiger partial charge in [-0.05, 0) is 35.8 Å². The summed E-state index contributed by atoms with van der Waals surface area (Å²) in [7, 11) is 0. The normalized spacial score (nSPS) is 13.8. The Balaban J connectivity index is 3.67. The van der Waals surface area contributed by atoms with E-state index in [1.54, 1.807) is 6.07 Å². The molecule has 1 aromatic carbocycles. The van der Waals surface area contributed by atoms with Gasteiger partial charge in [0, 0.05) is 5.56 Å². The second-order valence-electron chi connectivity index (χ2n) is 8.04. The molecule has 1 rings (SSSR count). The molecule has 0 bridgehead atoms. The average molecular weight is 306 g/mol. The maximum Gasteiger partial charge on any atom is 0.339 e. The van der Waals surface area contributed by atoms with Gasteiger partial charge in [-0.2, -0.15) is 0 Å². The molecule has 0 aliphatic carbocycles. The van der Waals surface area contributed by atoms with Crippen molar-refractivity contribution in [2.75, 3.05) is 0 Å². The van der Waals surface area contributed by atoms with Crippen LogP contribution in [0.2, 0.25) is 0 Å². The lowest BCUT2D eigenvalue weighted by Gasteiger charge is -2.29. The summed E-state index contributed by atoms with van der Waals surface area (Å²) < 4.78 is 6.00. The molecular formula is C19H30O3. The van der Waals surface area contributed by atoms with E-state index in [4.69, 9.17) is 4.74 Å². The predicted octanol–water partition coefficient (Wildman–Crippen LogP) is 5.16. The SMILES string of the molecule is CCC(C)Oc1c(C(=O)O)cc(C(C)(C)C)cc1C(C)(C)C. The van der Waals surface area contributed by atoms with Gasteiger partial charge in [0.15, 0.2) is 0 Å². The lowest BCUT2D eigenvalue weighted by Crippen LogP contribution is -2.22. The third-order valence-corrected chi connectivity index (χ3v) is 3.89. The number of ether oxygens (including phenoxy) is 1. The monoisotopic (exact) mass is 306 g/mol. The minimum Gasteiger partial charge on any atom is -0.490 e. The van der Waals surface area contributed by atoms with Crippen LogP contribution >= 0.6 is 0 Å². The Morgan fingerprint density at radius 1 is 1.14 bits per heavy atom. The zero-order valence-electron chi connectivity index (χ0n) is 15.2. The summed E-state index contributed by atoms with van der Waals surface area (Å²) in [6.45, 7) is 16.5. The second kappa shape index (κ2) is 6.31. The minimum atomic E-state index is -0.935. The van der Waals surface area contributed by atoms with Crippen LogP contribution in [0.1, 0.15) is 83.3 Å². The summed E-state index contributed by atoms with van der Waals surface area (Å²) in [5, 5.41) is 9.65. The molecule has 0 amide bonds. The van der Waals surface area contributed by atoms with Crippen LogP contribution in [0.25, 0.3) is 0 Å². The summed E-state index contributed by atoms with van der Waals surface area (Å²) in [5.74, 6) is -0.419. The standard InChI is InChI=1S/C19H30O3/c1-9-12(2)22-16-14(17(20)21)10-13(18(3,4)5)11-15(16)19(6,7)8/h10-12H,9H2,1-8H3,(H,20,21). The van der Waals surface area contributed by atoms with Crippen molar-refractivity contribution in [2.24, 2.45) is 0 Å². The average Bonchev–Trinajstić information content (AvgIpc) is 2.35. The Labute approximate surface area is 134 Å². The molecule has 0 saturated heterocycles. The zero-order valence-corrected chi connectivity index (χ0v) is 15.2. The lowest BCUT2D eigenvalue weighted by atomic mass is 9.79. The van der Waals surface area contributed by atoms with E-state index in [1.165, 1.54) is 0 Å². The van der Waals surface area contributed by atoms with Crippen molar-refractivity contribution in [3.8, 4) is 5.75 Å². The first-order valence-electron chi connectivity index (χ1n) is 7.96. The van der Waals surface area contributed by atoms with Crippen LogP contribution in [0.15, 0.2) is 12.1 Å². The van der Waals surface area contributed by atoms with E-state index in [0.29, 0.717) is 5.75 Å². The van der Waals surface area contributed by atoms with Crippen LogP contribution in [0.3, 0.4) is 0 Å². The third kappa shape index (κ3) is 4.25. The van der Waals surface area contributed by atoms with E-state index in [-0.39, 0.29) is 22.5 Å². The van der Waals surface area contributed by atoms with Crippen LogP contribution < -0.4 is 4.74 Å². The van der Waals surface area contributed by atoms with Crippen LogP contribution in [-0.4, -0.2) is 17.2 Å². The van der Waals surface area contributed by atoms with Crippen LogP contribution in [0.5, 0.6) is 5.75 Å². The number of carbonyl (C=O) groups is 1. The predicted molar refractivity (Wildman–Crippen MR) is 91.2 cm³/mol. The van der Waals surface area contributed by atoms with Gasteiger partial charge in [0.05, 0.1) is 6.10 Å². The Morgan fingerprint density at radius 2 is 1.68 bits per heavy atom. The summed E-state index contributed by atoms with van der Waals surface area (Å²) >= 11 is 0. The molecule has 0 radical (unpaired) electrons. The smallest absolute Gasteiger partial charge is 0.339 e. The number of benzene rings is 1. The van der Waals surface area contributed by atoms with Gasteiger partial charge in [-0.25, -0.2) is 4.79 Å². The van der Waals surface area contributed by atoms with Crippen molar-refractivity contribution in [1.82, 2.24) is 0 Å². The number of carboxylic acids is 1. The number of rotatable bonds is 4. The van der Waals surface area contributed by atoms with E-state index in [9.17, 15) is 9.90 Å². The highest BCUT2D eigenvalue weighted by Gasteiger charge is 2.28. The summed E-state index contributed by atoms with van der Waals surface area (Å²) in [5.41, 5.74) is 1.94. The van der Waals surface area contributed by atoms with Gasteiger partial charge in [0.25, 0.3) is 0 Å². The van der Waals surface area contributed by atoms with Gasteiger partial charge in [-0.15, -0.1) is 0 Å². The highest BCUT2D eigenvalue weighted by Crippen LogP contribution is 2.39. The van der Waals surface area contributed by atoms with Crippen molar-refractivity contribution < 1.29 is 14.6 Å². The van der Waals surface area contributed by atoms with Crippen molar-refractivity contribution in [2.45, 2.75) is 78.7 Å². The molecule has 1 atom stereocenters. The first-order valence-corrected chi connectivity index (χ1v) is 7.96. The lowest BCUT2D eigenvalue weighted by molar-refractivity contribution is 0.0689. The van der Waals surface area contributed by atoms with E-state index in [0.717, 1.165) is 17.5 Å². The minimum absolute atomic E-state index is 0.0142. The molecule has 1 N–H and O–H groups in total. The number of hydrogen-bond donors (Lipinski definition) is 1. The number of carboxylic acid groups (broad SMARTS) is 1. The second-order valence-corrected chi connectivity index (χ2v) is 8.04. The molecule has 0 spiro atoms. The van der Waals surface area contributed by atoms with Crippen molar-refractivity contribution in [3.05, 3.63) is 28.8 Å². The van der Waals surface area contributed by atoms with Crippen LogP contribution in [0.4, 0.5) is 0 Å². The molecule has 3 heteroatoms. The third-order valence-electron chi connectivity index (χ3n) is 3.89. The van der Waals surface area contributed by atoms with Crippen molar-refractivity contribution >= 4 is 5.97 Å². The molecule has 0 aromatic heterocycles. The Hall–Kier alpha value is -1.51. The molecule has 0 fully saturated rings. The highest BCUT2D eigenvalue weighted by atomic mass is 16.5. The van der Waals surface area contributed by atoms with Gasteiger partial charge in [0.1, 0.15) is 11.3 Å². The number of aromatic carboxylic acids is 1. The van der Waals surface area contributed by atoms with E-state index >= 15 is 0 Å². The highest BCUT2D eigenvalue weighted by molar-refractivity contribution is 5.92. The van der Waals surface area contributed by atoms with Crippen molar-refractivity contribution in [3.63, 3.8) is 0 Å². The quantitative estimate of drug-likeness (QED) is 0.836. The molecular weight excluding hydrogens is 276 g/mol. The molecule has 0 saturated carbocycles. The summed E-state index contributed by atoms with van der Waals surface area (Å²) in [4.78, 5) is 11.8. The van der Waals surface area contributed by atoms with Gasteiger partial charge in [0.2, 0.25) is 0 Å². The summed E-state index contributed by atoms with van der Waals surface area (Å²) in [6.07, 6.45) is 0.823. The molecule has 22 heavy (non-hydrogen) atoms. The topological polar surface area (TPSA) is 46.5 Å². The fraction of sp³-hybridized carbons (Fsp3) is 0.632. The van der Waals surface area contributed by atoms with E-state index < -0.39 is 5.97 Å². The van der Waals surface area contributed by atoms with Crippen LogP contribution in [-0.2, 0) is 10.8 Å². The van der Waals surface area contributed by atoms with Crippen molar-refractivity contribution in [1.29, 1.82) is 0 Å². The Bertz CT molecular complexity index is 545. The molecule has 1 aromatic rings. The molecule has 1 unspecified atom stereocenters. The first kappa shape index (κ1) is 18.5. The van der Waals surface area contributed by atoms with E-state index in [2.05, 4.69) is 47.6 Å². The van der Waals surface area contributed by atoms with E-state index in [1.807, 2.05) is 13.8 Å². The van der Waals surface area contributed by atoms with Gasteiger partial charge in [-0.1, -0.05) is 54.5 Å². The first-order chi connectivity index (χ1) is 9.87. The molecule has 0 aliphatic heterocycles. The largest absolute Gasteiger partial charge is 0.490 e. The molecule has 3 nitrogen and oxygen atoms in total. The fourth-order valence-electron chi connectivity index (χ4n) is 2.19. The zero-order chi connectivity index (χ0) is 17.3. The Kier molecular flexibility index (Phi) is 5.32. The number of hydrogen-bond acceptors (Lipinski definition) is 2. The molecule has 0 heterocycles. The van der Waals surface area contributed by atoms with Crippen LogP contribution in [0, 0.1) is 0 Å². The molecule has 0 aliphatic rings. The maximum absolute atomic E-state index is 11.8. The Morgan fingerprint density at radius 3 is 2.05 bits per heavy atom.